The average molecular weight is 272 g/mol. The molecule has 1 aromatic carbocycles. The molecule has 1 saturated carbocycles. The van der Waals surface area contributed by atoms with Crippen molar-refractivity contribution in [2.45, 2.75) is 70.0 Å². The van der Waals surface area contributed by atoms with E-state index < -0.39 is 0 Å². The minimum absolute atomic E-state index is 0.0927. The van der Waals surface area contributed by atoms with E-state index in [0.717, 1.165) is 44.9 Å². The first kappa shape index (κ1) is 12.8. The third-order valence-electron chi connectivity index (χ3n) is 6.32. The molecule has 0 radical (unpaired) electrons. The summed E-state index contributed by atoms with van der Waals surface area (Å²) in [4.78, 5) is 0. The molecular formula is C18H24O2. The van der Waals surface area contributed by atoms with Crippen molar-refractivity contribution in [3.8, 4) is 0 Å². The predicted molar refractivity (Wildman–Crippen MR) is 78.9 cm³/mol. The highest BCUT2D eigenvalue weighted by atomic mass is 16.3. The van der Waals surface area contributed by atoms with Crippen LogP contribution in [0.2, 0.25) is 0 Å². The number of hydrogen-bond donors (Lipinski definition) is 2. The fraction of sp³-hybridized carbons (Fsp3) is 0.667. The molecule has 4 rings (SSSR count). The largest absolute Gasteiger partial charge is 0.393 e. The van der Waals surface area contributed by atoms with Crippen LogP contribution in [-0.4, -0.2) is 22.4 Å². The molecule has 0 amide bonds. The minimum Gasteiger partial charge on any atom is -0.393 e. The van der Waals surface area contributed by atoms with E-state index in [-0.39, 0.29) is 17.6 Å². The van der Waals surface area contributed by atoms with Crippen LogP contribution in [0, 0.1) is 5.41 Å². The normalized spacial score (nSPS) is 39.0. The van der Waals surface area contributed by atoms with Crippen LogP contribution in [0.15, 0.2) is 12.1 Å². The summed E-state index contributed by atoms with van der Waals surface area (Å²) in [6.07, 6.45) is 6.81. The molecule has 0 heterocycles. The summed E-state index contributed by atoms with van der Waals surface area (Å²) in [6, 6.07) is 4.54. The average Bonchev–Trinajstić information content (AvgIpc) is 2.74. The molecule has 0 aromatic heterocycles. The lowest BCUT2D eigenvalue weighted by Crippen LogP contribution is -2.36. The van der Waals surface area contributed by atoms with Crippen LogP contribution in [-0.2, 0) is 19.3 Å². The number of aliphatic hydroxyl groups excluding tert-OH is 2. The highest BCUT2D eigenvalue weighted by molar-refractivity contribution is 5.47. The molecule has 0 spiro atoms. The van der Waals surface area contributed by atoms with Gasteiger partial charge in [-0.15, -0.1) is 0 Å². The fourth-order valence-electron chi connectivity index (χ4n) is 5.01. The van der Waals surface area contributed by atoms with Crippen LogP contribution >= 0.6 is 0 Å². The first-order valence-corrected chi connectivity index (χ1v) is 8.09. The smallest absolute Gasteiger partial charge is 0.0600 e. The zero-order valence-corrected chi connectivity index (χ0v) is 12.2. The van der Waals surface area contributed by atoms with E-state index >= 15 is 0 Å². The molecule has 3 aliphatic carbocycles. The maximum Gasteiger partial charge on any atom is 0.0600 e. The molecule has 3 aliphatic rings. The highest BCUT2D eigenvalue weighted by Gasteiger charge is 2.49. The minimum atomic E-state index is -0.150. The predicted octanol–water partition coefficient (Wildman–Crippen LogP) is 2.73. The molecule has 4 atom stereocenters. The number of rotatable bonds is 0. The summed E-state index contributed by atoms with van der Waals surface area (Å²) in [5, 5.41) is 20.2. The van der Waals surface area contributed by atoms with Gasteiger partial charge in [0.25, 0.3) is 0 Å². The second kappa shape index (κ2) is 4.32. The van der Waals surface area contributed by atoms with E-state index in [2.05, 4.69) is 19.1 Å². The summed E-state index contributed by atoms with van der Waals surface area (Å²) < 4.78 is 0. The second-order valence-electron chi connectivity index (χ2n) is 7.32. The van der Waals surface area contributed by atoms with Gasteiger partial charge < -0.3 is 10.2 Å². The summed E-state index contributed by atoms with van der Waals surface area (Å²) in [5.41, 5.74) is 6.05. The van der Waals surface area contributed by atoms with Crippen LogP contribution in [0.4, 0.5) is 0 Å². The van der Waals surface area contributed by atoms with Gasteiger partial charge in [0.2, 0.25) is 0 Å². The van der Waals surface area contributed by atoms with Crippen molar-refractivity contribution < 1.29 is 10.2 Å². The van der Waals surface area contributed by atoms with Crippen molar-refractivity contribution in [2.75, 3.05) is 0 Å². The Morgan fingerprint density at radius 2 is 1.90 bits per heavy atom. The molecule has 2 nitrogen and oxygen atoms in total. The van der Waals surface area contributed by atoms with Gasteiger partial charge in [0.1, 0.15) is 0 Å². The van der Waals surface area contributed by atoms with Crippen LogP contribution in [0.3, 0.4) is 0 Å². The lowest BCUT2D eigenvalue weighted by atomic mass is 9.64. The molecule has 108 valence electrons. The van der Waals surface area contributed by atoms with E-state index in [1.54, 1.807) is 5.56 Å². The van der Waals surface area contributed by atoms with Gasteiger partial charge in [-0.2, -0.15) is 0 Å². The van der Waals surface area contributed by atoms with Crippen LogP contribution in [0.5, 0.6) is 0 Å². The van der Waals surface area contributed by atoms with Gasteiger partial charge in [0, 0.05) is 5.41 Å². The Hall–Kier alpha value is -0.860. The maximum atomic E-state index is 10.3. The van der Waals surface area contributed by atoms with Gasteiger partial charge in [-0.3, -0.25) is 0 Å². The van der Waals surface area contributed by atoms with Crippen molar-refractivity contribution in [3.05, 3.63) is 34.4 Å². The molecule has 2 N–H and O–H groups in total. The second-order valence-corrected chi connectivity index (χ2v) is 7.32. The molecule has 0 aliphatic heterocycles. The molecule has 1 fully saturated rings. The topological polar surface area (TPSA) is 40.5 Å². The van der Waals surface area contributed by atoms with Gasteiger partial charge in [-0.05, 0) is 73.1 Å². The lowest BCUT2D eigenvalue weighted by Gasteiger charge is -2.41. The van der Waals surface area contributed by atoms with Gasteiger partial charge in [0.15, 0.2) is 0 Å². The van der Waals surface area contributed by atoms with E-state index in [9.17, 15) is 10.2 Å². The number of aliphatic hydroxyl groups is 2. The summed E-state index contributed by atoms with van der Waals surface area (Å²) >= 11 is 0. The molecular weight excluding hydrogens is 248 g/mol. The van der Waals surface area contributed by atoms with Gasteiger partial charge >= 0.3 is 0 Å². The van der Waals surface area contributed by atoms with E-state index in [0.29, 0.717) is 5.92 Å². The zero-order chi connectivity index (χ0) is 13.9. The Labute approximate surface area is 120 Å². The molecule has 0 saturated heterocycles. The van der Waals surface area contributed by atoms with E-state index in [1.165, 1.54) is 16.7 Å². The molecule has 2 heteroatoms. The van der Waals surface area contributed by atoms with Crippen molar-refractivity contribution in [1.29, 1.82) is 0 Å². The van der Waals surface area contributed by atoms with Gasteiger partial charge in [-0.25, -0.2) is 0 Å². The monoisotopic (exact) mass is 272 g/mol. The van der Waals surface area contributed by atoms with Crippen LogP contribution in [0.25, 0.3) is 0 Å². The van der Waals surface area contributed by atoms with Gasteiger partial charge in [0.05, 0.1) is 12.2 Å². The quantitative estimate of drug-likeness (QED) is 0.762. The maximum absolute atomic E-state index is 10.3. The molecule has 0 bridgehead atoms. The highest BCUT2D eigenvalue weighted by Crippen LogP contribution is 2.56. The Morgan fingerprint density at radius 1 is 1.05 bits per heavy atom. The standard InChI is InChI=1S/C18H24O2/c1-18-9-8-14-13-5-3-12(19)10-11(13)2-4-15(14)16(18)6-7-17(18)20/h2,4,12,16-17,19-20H,3,5-10H2,1H3/t12-,16+,17-,18+/m1/s1. The molecule has 1 aromatic rings. The lowest BCUT2D eigenvalue weighted by molar-refractivity contribution is 0.0455. The van der Waals surface area contributed by atoms with Crippen LogP contribution in [0.1, 0.15) is 60.8 Å². The molecule has 20 heavy (non-hydrogen) atoms. The van der Waals surface area contributed by atoms with Crippen LogP contribution < -0.4 is 0 Å². The first-order valence-electron chi connectivity index (χ1n) is 8.09. The van der Waals surface area contributed by atoms with Crippen molar-refractivity contribution in [2.24, 2.45) is 5.41 Å². The third kappa shape index (κ3) is 1.64. The Balaban J connectivity index is 1.80. The summed E-state index contributed by atoms with van der Waals surface area (Å²) in [5.74, 6) is 0.540. The van der Waals surface area contributed by atoms with Crippen molar-refractivity contribution in [1.82, 2.24) is 0 Å². The van der Waals surface area contributed by atoms with Gasteiger partial charge in [-0.1, -0.05) is 19.1 Å². The summed E-state index contributed by atoms with van der Waals surface area (Å²) in [7, 11) is 0. The Morgan fingerprint density at radius 3 is 2.75 bits per heavy atom. The zero-order valence-electron chi connectivity index (χ0n) is 12.2. The Kier molecular flexibility index (Phi) is 2.77. The first-order chi connectivity index (χ1) is 9.59. The Bertz CT molecular complexity index is 551. The van der Waals surface area contributed by atoms with E-state index in [4.69, 9.17) is 0 Å². The third-order valence-corrected chi connectivity index (χ3v) is 6.32. The SMILES string of the molecule is C[C@]12CCc3c(ccc4c3CC[C@@H](O)C4)[C@@H]1CC[C@H]2O. The number of hydrogen-bond acceptors (Lipinski definition) is 2. The van der Waals surface area contributed by atoms with Crippen molar-refractivity contribution in [3.63, 3.8) is 0 Å². The molecule has 0 unspecified atom stereocenters. The number of fused-ring (bicyclic) bond motifs is 5. The van der Waals surface area contributed by atoms with Crippen molar-refractivity contribution >= 4 is 0 Å². The fourth-order valence-corrected chi connectivity index (χ4v) is 5.01. The summed E-state index contributed by atoms with van der Waals surface area (Å²) in [6.45, 7) is 2.28. The van der Waals surface area contributed by atoms with E-state index in [1.807, 2.05) is 0 Å². The number of benzene rings is 1.